The van der Waals surface area contributed by atoms with Crippen molar-refractivity contribution in [2.24, 2.45) is 5.41 Å². The zero-order valence-corrected chi connectivity index (χ0v) is 11.3. The van der Waals surface area contributed by atoms with E-state index < -0.39 is 0 Å². The van der Waals surface area contributed by atoms with Crippen LogP contribution in [0.4, 0.5) is 0 Å². The highest BCUT2D eigenvalue weighted by Crippen LogP contribution is 2.49. The molecule has 2 aliphatic rings. The van der Waals surface area contributed by atoms with Crippen molar-refractivity contribution in [3.8, 4) is 0 Å². The lowest BCUT2D eigenvalue weighted by Gasteiger charge is -2.35. The molecule has 2 heterocycles. The third kappa shape index (κ3) is 2.30. The van der Waals surface area contributed by atoms with Gasteiger partial charge in [0.1, 0.15) is 0 Å². The van der Waals surface area contributed by atoms with Gasteiger partial charge >= 0.3 is 0 Å². The number of unbranched alkanes of at least 4 members (excludes halogenated alkanes) is 2. The van der Waals surface area contributed by atoms with Gasteiger partial charge in [0.15, 0.2) is 0 Å². The molecule has 0 bridgehead atoms. The summed E-state index contributed by atoms with van der Waals surface area (Å²) in [4.78, 5) is 2.80. The molecule has 2 saturated heterocycles. The second-order valence-electron chi connectivity index (χ2n) is 6.01. The van der Waals surface area contributed by atoms with Gasteiger partial charge in [-0.3, -0.25) is 4.90 Å². The minimum atomic E-state index is 0.725. The summed E-state index contributed by atoms with van der Waals surface area (Å²) in [6.45, 7) is 7.48. The molecule has 16 heavy (non-hydrogen) atoms. The summed E-state index contributed by atoms with van der Waals surface area (Å²) in [7, 11) is 0. The molecule has 1 atom stereocenters. The van der Waals surface area contributed by atoms with Crippen molar-refractivity contribution >= 4 is 0 Å². The summed E-state index contributed by atoms with van der Waals surface area (Å²) in [6.07, 6.45) is 13.1. The molecule has 0 aliphatic carbocycles. The van der Waals surface area contributed by atoms with Crippen LogP contribution in [-0.4, -0.2) is 24.0 Å². The van der Waals surface area contributed by atoms with Crippen molar-refractivity contribution in [3.63, 3.8) is 0 Å². The molecule has 0 spiro atoms. The van der Waals surface area contributed by atoms with E-state index in [9.17, 15) is 0 Å². The lowest BCUT2D eigenvalue weighted by molar-refractivity contribution is 0.155. The molecule has 0 aromatic rings. The Morgan fingerprint density at radius 2 is 1.75 bits per heavy atom. The maximum Gasteiger partial charge on any atom is 0.0153 e. The molecule has 0 aromatic heterocycles. The van der Waals surface area contributed by atoms with E-state index in [1.807, 2.05) is 0 Å². The lowest BCUT2D eigenvalue weighted by Crippen LogP contribution is -2.35. The maximum absolute atomic E-state index is 2.80. The first kappa shape index (κ1) is 12.4. The van der Waals surface area contributed by atoms with Crippen molar-refractivity contribution in [1.29, 1.82) is 0 Å². The quantitative estimate of drug-likeness (QED) is 0.651. The van der Waals surface area contributed by atoms with Gasteiger partial charge in [0.2, 0.25) is 0 Å². The molecular weight excluding hydrogens is 194 g/mol. The van der Waals surface area contributed by atoms with Crippen LogP contribution < -0.4 is 0 Å². The molecule has 0 saturated carbocycles. The van der Waals surface area contributed by atoms with Crippen molar-refractivity contribution in [1.82, 2.24) is 4.90 Å². The Hall–Kier alpha value is -0.0400. The first-order valence-corrected chi connectivity index (χ1v) is 7.56. The molecule has 0 aromatic carbocycles. The van der Waals surface area contributed by atoms with Gasteiger partial charge in [0, 0.05) is 6.04 Å². The molecule has 1 nitrogen and oxygen atoms in total. The summed E-state index contributed by atoms with van der Waals surface area (Å²) in [5, 5.41) is 0. The molecular formula is C15H29N. The van der Waals surface area contributed by atoms with Crippen LogP contribution in [0, 0.1) is 5.41 Å². The van der Waals surface area contributed by atoms with Crippen molar-refractivity contribution in [3.05, 3.63) is 0 Å². The molecule has 0 N–H and O–H groups in total. The predicted octanol–water partition coefficient (Wildman–Crippen LogP) is 4.22. The summed E-state index contributed by atoms with van der Waals surface area (Å²) < 4.78 is 0. The fraction of sp³-hybridized carbons (Fsp3) is 1.00. The van der Waals surface area contributed by atoms with Gasteiger partial charge < -0.3 is 0 Å². The standard InChI is InChI=1S/C15H29N/c1-3-5-9-15(10-6-4-2)11-13-16-12-7-8-14(15)16/h14H,3-13H2,1-2H3. The predicted molar refractivity (Wildman–Crippen MR) is 70.7 cm³/mol. The zero-order chi connectivity index (χ0) is 11.4. The maximum atomic E-state index is 2.80. The van der Waals surface area contributed by atoms with Crippen LogP contribution in [-0.2, 0) is 0 Å². The molecule has 0 radical (unpaired) electrons. The molecule has 2 rings (SSSR count). The van der Waals surface area contributed by atoms with Crippen LogP contribution >= 0.6 is 0 Å². The summed E-state index contributed by atoms with van der Waals surface area (Å²) >= 11 is 0. The van der Waals surface area contributed by atoms with E-state index in [0.29, 0.717) is 0 Å². The summed E-state index contributed by atoms with van der Waals surface area (Å²) in [5.74, 6) is 0. The Morgan fingerprint density at radius 1 is 1.06 bits per heavy atom. The highest BCUT2D eigenvalue weighted by atomic mass is 15.2. The Morgan fingerprint density at radius 3 is 2.38 bits per heavy atom. The van der Waals surface area contributed by atoms with Crippen LogP contribution in [0.5, 0.6) is 0 Å². The smallest absolute Gasteiger partial charge is 0.0153 e. The minimum Gasteiger partial charge on any atom is -0.300 e. The molecule has 1 heteroatoms. The van der Waals surface area contributed by atoms with E-state index >= 15 is 0 Å². The summed E-state index contributed by atoms with van der Waals surface area (Å²) in [5.41, 5.74) is 0.725. The Bertz CT molecular complexity index is 203. The first-order valence-electron chi connectivity index (χ1n) is 7.56. The van der Waals surface area contributed by atoms with Gasteiger partial charge in [-0.15, -0.1) is 0 Å². The Labute approximate surface area is 102 Å². The number of fused-ring (bicyclic) bond motifs is 1. The van der Waals surface area contributed by atoms with Gasteiger partial charge in [0.05, 0.1) is 0 Å². The summed E-state index contributed by atoms with van der Waals surface area (Å²) in [6, 6.07) is 0.964. The average Bonchev–Trinajstić information content (AvgIpc) is 2.87. The molecule has 1 unspecified atom stereocenters. The molecule has 94 valence electrons. The van der Waals surface area contributed by atoms with E-state index in [0.717, 1.165) is 11.5 Å². The second kappa shape index (κ2) is 5.53. The van der Waals surface area contributed by atoms with E-state index in [1.54, 1.807) is 0 Å². The SMILES string of the molecule is CCCCC1(CCCC)CCN2CCCC21. The topological polar surface area (TPSA) is 3.24 Å². The Kier molecular flexibility index (Phi) is 4.29. The van der Waals surface area contributed by atoms with E-state index in [4.69, 9.17) is 0 Å². The fourth-order valence-corrected chi connectivity index (χ4v) is 4.09. The first-order chi connectivity index (χ1) is 7.82. The molecule has 0 amide bonds. The monoisotopic (exact) mass is 223 g/mol. The molecule has 2 aliphatic heterocycles. The number of hydrogen-bond acceptors (Lipinski definition) is 1. The van der Waals surface area contributed by atoms with Gasteiger partial charge in [-0.2, -0.15) is 0 Å². The Balaban J connectivity index is 2.01. The highest BCUT2D eigenvalue weighted by molar-refractivity contribution is 5.01. The van der Waals surface area contributed by atoms with Gasteiger partial charge in [-0.1, -0.05) is 39.5 Å². The number of nitrogens with zero attached hydrogens (tertiary/aromatic N) is 1. The third-order valence-corrected chi connectivity index (χ3v) is 5.02. The lowest BCUT2D eigenvalue weighted by atomic mass is 9.71. The van der Waals surface area contributed by atoms with Crippen LogP contribution in [0.25, 0.3) is 0 Å². The normalized spacial score (nSPS) is 28.5. The van der Waals surface area contributed by atoms with Gasteiger partial charge in [-0.05, 0) is 50.6 Å². The van der Waals surface area contributed by atoms with Crippen molar-refractivity contribution in [2.75, 3.05) is 13.1 Å². The highest BCUT2D eigenvalue weighted by Gasteiger charge is 2.47. The van der Waals surface area contributed by atoms with Crippen molar-refractivity contribution < 1.29 is 0 Å². The minimum absolute atomic E-state index is 0.725. The number of rotatable bonds is 6. The van der Waals surface area contributed by atoms with Crippen molar-refractivity contribution in [2.45, 2.75) is 77.7 Å². The van der Waals surface area contributed by atoms with Crippen LogP contribution in [0.1, 0.15) is 71.6 Å². The van der Waals surface area contributed by atoms with E-state index in [2.05, 4.69) is 18.7 Å². The van der Waals surface area contributed by atoms with Crippen LogP contribution in [0.2, 0.25) is 0 Å². The fourth-order valence-electron chi connectivity index (χ4n) is 4.09. The molecule has 2 fully saturated rings. The van der Waals surface area contributed by atoms with Gasteiger partial charge in [0.25, 0.3) is 0 Å². The third-order valence-electron chi connectivity index (χ3n) is 5.02. The zero-order valence-electron chi connectivity index (χ0n) is 11.3. The van der Waals surface area contributed by atoms with E-state index in [1.165, 1.54) is 70.9 Å². The van der Waals surface area contributed by atoms with E-state index in [-0.39, 0.29) is 0 Å². The second-order valence-corrected chi connectivity index (χ2v) is 6.01. The van der Waals surface area contributed by atoms with Crippen LogP contribution in [0.15, 0.2) is 0 Å². The number of hydrogen-bond donors (Lipinski definition) is 0. The largest absolute Gasteiger partial charge is 0.300 e. The van der Waals surface area contributed by atoms with Gasteiger partial charge in [-0.25, -0.2) is 0 Å². The average molecular weight is 223 g/mol. The van der Waals surface area contributed by atoms with Crippen LogP contribution in [0.3, 0.4) is 0 Å².